The molecule has 1 rings (SSSR count). The van der Waals surface area contributed by atoms with E-state index >= 15 is 0 Å². The molecule has 0 spiro atoms. The normalized spacial score (nSPS) is 10.2. The number of rotatable bonds is 8. The van der Waals surface area contributed by atoms with Crippen molar-refractivity contribution in [1.82, 2.24) is 5.32 Å². The number of amides is 2. The summed E-state index contributed by atoms with van der Waals surface area (Å²) < 4.78 is 0. The van der Waals surface area contributed by atoms with Crippen LogP contribution < -0.4 is 16.4 Å². The number of thioether (sulfide) groups is 1. The Kier molecular flexibility index (Phi) is 7.89. The van der Waals surface area contributed by atoms with Crippen LogP contribution in [0.2, 0.25) is 0 Å². The summed E-state index contributed by atoms with van der Waals surface area (Å²) in [6.45, 7) is 0.716. The smallest absolute Gasteiger partial charge is 0.319 e. The van der Waals surface area contributed by atoms with E-state index in [1.165, 1.54) is 25.0 Å². The summed E-state index contributed by atoms with van der Waals surface area (Å²) in [4.78, 5) is 11.6. The fourth-order valence-electron chi connectivity index (χ4n) is 1.72. The number of nitrogens with two attached hydrogens (primary N) is 1. The third-order valence-electron chi connectivity index (χ3n) is 2.71. The fraction of sp³-hybridized carbons (Fsp3) is 0.500. The lowest BCUT2D eigenvalue weighted by Gasteiger charge is -2.08. The molecule has 5 heteroatoms. The summed E-state index contributed by atoms with van der Waals surface area (Å²) in [5, 5.41) is 5.61. The topological polar surface area (TPSA) is 67.2 Å². The van der Waals surface area contributed by atoms with Crippen LogP contribution in [0.5, 0.6) is 0 Å². The number of carbonyl (C=O) groups excluding carboxylic acids is 1. The van der Waals surface area contributed by atoms with E-state index in [0.717, 1.165) is 12.1 Å². The van der Waals surface area contributed by atoms with Gasteiger partial charge in [0.2, 0.25) is 0 Å². The predicted molar refractivity (Wildman–Crippen MR) is 84.7 cm³/mol. The first kappa shape index (κ1) is 15.7. The molecular weight excluding hydrogens is 258 g/mol. The lowest BCUT2D eigenvalue weighted by Crippen LogP contribution is -2.29. The van der Waals surface area contributed by atoms with Crippen LogP contribution >= 0.6 is 11.8 Å². The van der Waals surface area contributed by atoms with Crippen molar-refractivity contribution in [3.8, 4) is 0 Å². The van der Waals surface area contributed by atoms with Crippen molar-refractivity contribution in [2.24, 2.45) is 0 Å². The van der Waals surface area contributed by atoms with Crippen LogP contribution in [0.4, 0.5) is 16.2 Å². The van der Waals surface area contributed by atoms with E-state index in [0.29, 0.717) is 12.2 Å². The molecule has 19 heavy (non-hydrogen) atoms. The van der Waals surface area contributed by atoms with Crippen LogP contribution in [0.15, 0.2) is 24.3 Å². The third kappa shape index (κ3) is 7.62. The molecule has 0 aliphatic rings. The zero-order chi connectivity index (χ0) is 13.9. The van der Waals surface area contributed by atoms with Gasteiger partial charge < -0.3 is 16.4 Å². The Morgan fingerprint density at radius 1 is 1.26 bits per heavy atom. The number of carbonyl (C=O) groups is 1. The second-order valence-corrected chi connectivity index (χ2v) is 5.40. The summed E-state index contributed by atoms with van der Waals surface area (Å²) in [6, 6.07) is 6.99. The zero-order valence-electron chi connectivity index (χ0n) is 11.4. The summed E-state index contributed by atoms with van der Waals surface area (Å²) in [6.07, 6.45) is 6.82. The quantitative estimate of drug-likeness (QED) is 0.506. The molecular formula is C14H23N3OS. The van der Waals surface area contributed by atoms with Crippen molar-refractivity contribution in [2.45, 2.75) is 25.7 Å². The Morgan fingerprint density at radius 2 is 2.05 bits per heavy atom. The van der Waals surface area contributed by atoms with Gasteiger partial charge in [-0.3, -0.25) is 0 Å². The maximum absolute atomic E-state index is 11.6. The highest BCUT2D eigenvalue weighted by molar-refractivity contribution is 7.98. The second kappa shape index (κ2) is 9.55. The van der Waals surface area contributed by atoms with Gasteiger partial charge in [-0.2, -0.15) is 11.8 Å². The van der Waals surface area contributed by atoms with Gasteiger partial charge >= 0.3 is 6.03 Å². The van der Waals surface area contributed by atoms with Crippen LogP contribution in [0.3, 0.4) is 0 Å². The van der Waals surface area contributed by atoms with E-state index in [-0.39, 0.29) is 6.03 Å². The molecule has 0 aliphatic carbocycles. The first-order valence-corrected chi connectivity index (χ1v) is 8.01. The molecule has 4 N–H and O–H groups in total. The molecule has 0 saturated heterocycles. The molecule has 0 aromatic heterocycles. The molecule has 0 radical (unpaired) electrons. The van der Waals surface area contributed by atoms with Crippen LogP contribution in [-0.2, 0) is 0 Å². The number of benzene rings is 1. The largest absolute Gasteiger partial charge is 0.399 e. The summed E-state index contributed by atoms with van der Waals surface area (Å²) in [5.74, 6) is 1.23. The van der Waals surface area contributed by atoms with E-state index in [2.05, 4.69) is 16.9 Å². The molecule has 0 atom stereocenters. The predicted octanol–water partition coefficient (Wildman–Crippen LogP) is 3.31. The molecule has 1 aromatic carbocycles. The minimum Gasteiger partial charge on any atom is -0.399 e. The summed E-state index contributed by atoms with van der Waals surface area (Å²) in [7, 11) is 0. The van der Waals surface area contributed by atoms with E-state index in [9.17, 15) is 4.79 Å². The molecule has 2 amide bonds. The number of hydrogen-bond acceptors (Lipinski definition) is 3. The van der Waals surface area contributed by atoms with Gasteiger partial charge in [0.15, 0.2) is 0 Å². The SMILES string of the molecule is CSCCCCCCNC(=O)Nc1cccc(N)c1. The van der Waals surface area contributed by atoms with Crippen LogP contribution in [-0.4, -0.2) is 24.6 Å². The van der Waals surface area contributed by atoms with Crippen molar-refractivity contribution in [3.05, 3.63) is 24.3 Å². The number of unbranched alkanes of at least 4 members (excludes halogenated alkanes) is 3. The molecule has 0 saturated carbocycles. The number of hydrogen-bond donors (Lipinski definition) is 3. The first-order chi connectivity index (χ1) is 9.22. The highest BCUT2D eigenvalue weighted by Gasteiger charge is 2.00. The number of anilines is 2. The van der Waals surface area contributed by atoms with Gasteiger partial charge in [-0.25, -0.2) is 4.79 Å². The Hall–Kier alpha value is -1.36. The van der Waals surface area contributed by atoms with Crippen molar-refractivity contribution < 1.29 is 4.79 Å². The van der Waals surface area contributed by atoms with Crippen LogP contribution in [0.1, 0.15) is 25.7 Å². The van der Waals surface area contributed by atoms with Crippen molar-refractivity contribution in [1.29, 1.82) is 0 Å². The third-order valence-corrected chi connectivity index (χ3v) is 3.40. The number of urea groups is 1. The molecule has 1 aromatic rings. The zero-order valence-corrected chi connectivity index (χ0v) is 12.3. The maximum atomic E-state index is 11.6. The average molecular weight is 281 g/mol. The fourth-order valence-corrected chi connectivity index (χ4v) is 2.21. The standard InChI is InChI=1S/C14H23N3OS/c1-19-10-5-3-2-4-9-16-14(18)17-13-8-6-7-12(15)11-13/h6-8,11H,2-5,9-10,15H2,1H3,(H2,16,17,18). The summed E-state index contributed by atoms with van der Waals surface area (Å²) in [5.41, 5.74) is 7.01. The van der Waals surface area contributed by atoms with Crippen LogP contribution in [0.25, 0.3) is 0 Å². The Bertz CT molecular complexity index is 385. The van der Waals surface area contributed by atoms with Crippen molar-refractivity contribution >= 4 is 29.2 Å². The van der Waals surface area contributed by atoms with Crippen molar-refractivity contribution in [2.75, 3.05) is 29.6 Å². The summed E-state index contributed by atoms with van der Waals surface area (Å²) >= 11 is 1.88. The highest BCUT2D eigenvalue weighted by Crippen LogP contribution is 2.11. The Labute approximate surface area is 119 Å². The first-order valence-electron chi connectivity index (χ1n) is 6.61. The number of nitrogen functional groups attached to an aromatic ring is 1. The Balaban J connectivity index is 2.08. The lowest BCUT2D eigenvalue weighted by atomic mass is 10.2. The van der Waals surface area contributed by atoms with E-state index in [1.807, 2.05) is 23.9 Å². The lowest BCUT2D eigenvalue weighted by molar-refractivity contribution is 0.252. The average Bonchev–Trinajstić information content (AvgIpc) is 2.37. The van der Waals surface area contributed by atoms with Gasteiger partial charge in [0.1, 0.15) is 0 Å². The van der Waals surface area contributed by atoms with Crippen molar-refractivity contribution in [3.63, 3.8) is 0 Å². The van der Waals surface area contributed by atoms with Gasteiger partial charge in [0, 0.05) is 17.9 Å². The molecule has 0 heterocycles. The molecule has 106 valence electrons. The van der Waals surface area contributed by atoms with Gasteiger partial charge in [-0.15, -0.1) is 0 Å². The van der Waals surface area contributed by atoms with Gasteiger partial charge in [0.25, 0.3) is 0 Å². The van der Waals surface area contributed by atoms with Gasteiger partial charge in [-0.1, -0.05) is 18.9 Å². The van der Waals surface area contributed by atoms with E-state index in [4.69, 9.17) is 5.73 Å². The second-order valence-electron chi connectivity index (χ2n) is 4.41. The molecule has 4 nitrogen and oxygen atoms in total. The Morgan fingerprint density at radius 3 is 2.79 bits per heavy atom. The minimum atomic E-state index is -0.172. The minimum absolute atomic E-state index is 0.172. The van der Waals surface area contributed by atoms with Gasteiger partial charge in [0.05, 0.1) is 0 Å². The maximum Gasteiger partial charge on any atom is 0.319 e. The van der Waals surface area contributed by atoms with E-state index in [1.54, 1.807) is 12.1 Å². The monoisotopic (exact) mass is 281 g/mol. The molecule has 0 bridgehead atoms. The highest BCUT2D eigenvalue weighted by atomic mass is 32.2. The molecule has 0 unspecified atom stereocenters. The molecule has 0 aliphatic heterocycles. The van der Waals surface area contributed by atoms with Crippen LogP contribution in [0, 0.1) is 0 Å². The molecule has 0 fully saturated rings. The van der Waals surface area contributed by atoms with Gasteiger partial charge in [-0.05, 0) is 43.0 Å². The van der Waals surface area contributed by atoms with E-state index < -0.39 is 0 Å². The number of nitrogens with one attached hydrogen (secondary N) is 2.